The summed E-state index contributed by atoms with van der Waals surface area (Å²) in [5, 5.41) is 2.84. The maximum atomic E-state index is 11.9. The van der Waals surface area contributed by atoms with Crippen LogP contribution in [-0.2, 0) is 21.2 Å². The van der Waals surface area contributed by atoms with E-state index in [2.05, 4.69) is 10.0 Å². The normalized spacial score (nSPS) is 12.4. The lowest BCUT2D eigenvalue weighted by atomic mass is 9.96. The molecule has 21 heavy (non-hydrogen) atoms. The summed E-state index contributed by atoms with van der Waals surface area (Å²) in [4.78, 5) is 12.6. The molecule has 4 N–H and O–H groups in total. The van der Waals surface area contributed by atoms with Gasteiger partial charge in [-0.15, -0.1) is 11.3 Å². The Kier molecular flexibility index (Phi) is 6.33. The summed E-state index contributed by atoms with van der Waals surface area (Å²) in [6, 6.07) is 3.34. The monoisotopic (exact) mass is 333 g/mol. The Morgan fingerprint density at radius 3 is 2.52 bits per heavy atom. The summed E-state index contributed by atoms with van der Waals surface area (Å²) in [5.74, 6) is -0.0171. The molecule has 0 spiro atoms. The quantitative estimate of drug-likeness (QED) is 0.683. The first-order chi connectivity index (χ1) is 9.66. The van der Waals surface area contributed by atoms with Crippen molar-refractivity contribution in [3.05, 3.63) is 17.0 Å². The predicted octanol–water partition coefficient (Wildman–Crippen LogP) is 0.690. The predicted molar refractivity (Wildman–Crippen MR) is 84.7 cm³/mol. The fourth-order valence-electron chi connectivity index (χ4n) is 1.47. The first-order valence-electron chi connectivity index (χ1n) is 6.73. The minimum absolute atomic E-state index is 0.0171. The molecule has 8 heteroatoms. The summed E-state index contributed by atoms with van der Waals surface area (Å²) >= 11 is 1.21. The van der Waals surface area contributed by atoms with Crippen molar-refractivity contribution in [2.75, 3.05) is 19.6 Å². The molecule has 0 atom stereocenters. The first-order valence-corrected chi connectivity index (χ1v) is 9.03. The summed E-state index contributed by atoms with van der Waals surface area (Å²) in [6.07, 6.45) is 0.610. The zero-order valence-corrected chi connectivity index (χ0v) is 14.2. The van der Waals surface area contributed by atoms with Crippen molar-refractivity contribution >= 4 is 27.3 Å². The summed E-state index contributed by atoms with van der Waals surface area (Å²) in [7, 11) is -3.47. The van der Waals surface area contributed by atoms with Crippen LogP contribution in [0.25, 0.3) is 0 Å². The maximum Gasteiger partial charge on any atom is 0.250 e. The molecule has 0 fully saturated rings. The number of thiophene rings is 1. The molecule has 0 saturated heterocycles. The lowest BCUT2D eigenvalue weighted by Gasteiger charge is -2.17. The second kappa shape index (κ2) is 7.35. The van der Waals surface area contributed by atoms with Crippen LogP contribution in [0, 0.1) is 5.41 Å². The molecule has 6 nitrogen and oxygen atoms in total. The third-order valence-electron chi connectivity index (χ3n) is 2.68. The minimum Gasteiger partial charge on any atom is -0.355 e. The van der Waals surface area contributed by atoms with Gasteiger partial charge in [0.1, 0.15) is 4.21 Å². The lowest BCUT2D eigenvalue weighted by Crippen LogP contribution is -2.35. The van der Waals surface area contributed by atoms with Crippen molar-refractivity contribution in [2.45, 2.75) is 31.4 Å². The van der Waals surface area contributed by atoms with Crippen LogP contribution in [0.2, 0.25) is 0 Å². The molecule has 1 rings (SSSR count). The van der Waals surface area contributed by atoms with Crippen molar-refractivity contribution in [1.82, 2.24) is 10.0 Å². The van der Waals surface area contributed by atoms with Crippen LogP contribution in [0.15, 0.2) is 16.3 Å². The lowest BCUT2D eigenvalue weighted by molar-refractivity contribution is -0.128. The van der Waals surface area contributed by atoms with Crippen molar-refractivity contribution in [3.63, 3.8) is 0 Å². The van der Waals surface area contributed by atoms with Crippen molar-refractivity contribution in [3.8, 4) is 0 Å². The molecule has 0 radical (unpaired) electrons. The van der Waals surface area contributed by atoms with E-state index in [1.807, 2.05) is 20.8 Å². The zero-order chi connectivity index (χ0) is 16.1. The minimum atomic E-state index is -3.47. The van der Waals surface area contributed by atoms with Gasteiger partial charge in [-0.25, -0.2) is 13.1 Å². The van der Waals surface area contributed by atoms with E-state index in [-0.39, 0.29) is 23.2 Å². The topological polar surface area (TPSA) is 101 Å². The molecule has 0 saturated carbocycles. The highest BCUT2D eigenvalue weighted by atomic mass is 32.2. The molecule has 1 aromatic heterocycles. The number of nitrogens with two attached hydrogens (primary N) is 1. The van der Waals surface area contributed by atoms with E-state index in [0.717, 1.165) is 4.88 Å². The zero-order valence-electron chi connectivity index (χ0n) is 12.6. The summed E-state index contributed by atoms with van der Waals surface area (Å²) in [5.41, 5.74) is 4.86. The van der Waals surface area contributed by atoms with Gasteiger partial charge in [-0.2, -0.15) is 0 Å². The molecule has 0 aromatic carbocycles. The van der Waals surface area contributed by atoms with Gasteiger partial charge in [-0.05, 0) is 18.6 Å². The highest BCUT2D eigenvalue weighted by Crippen LogP contribution is 2.21. The van der Waals surface area contributed by atoms with E-state index >= 15 is 0 Å². The average Bonchev–Trinajstić information content (AvgIpc) is 2.85. The van der Waals surface area contributed by atoms with Crippen LogP contribution in [0.1, 0.15) is 25.6 Å². The SMILES string of the molecule is CC(C)(C)C(=O)NCCc1ccc(S(=O)(=O)NCCN)s1. The molecule has 0 unspecified atom stereocenters. The van der Waals surface area contributed by atoms with Crippen LogP contribution >= 0.6 is 11.3 Å². The van der Waals surface area contributed by atoms with E-state index in [0.29, 0.717) is 13.0 Å². The number of carbonyl (C=O) groups excluding carboxylic acids is 1. The Labute approximate surface area is 130 Å². The van der Waals surface area contributed by atoms with Crippen LogP contribution in [0.3, 0.4) is 0 Å². The maximum absolute atomic E-state index is 11.9. The second-order valence-corrected chi connectivity index (χ2v) is 8.83. The Hall–Kier alpha value is -0.960. The molecule has 0 aliphatic carbocycles. The smallest absolute Gasteiger partial charge is 0.250 e. The molecule has 1 heterocycles. The number of rotatable bonds is 7. The van der Waals surface area contributed by atoms with E-state index in [9.17, 15) is 13.2 Å². The van der Waals surface area contributed by atoms with Crippen molar-refractivity contribution in [1.29, 1.82) is 0 Å². The molecule has 1 amide bonds. The number of amides is 1. The second-order valence-electron chi connectivity index (χ2n) is 5.66. The fourth-order valence-corrected chi connectivity index (χ4v) is 3.91. The number of carbonyl (C=O) groups is 1. The van der Waals surface area contributed by atoms with Crippen molar-refractivity contribution < 1.29 is 13.2 Å². The molecule has 0 aliphatic heterocycles. The van der Waals surface area contributed by atoms with Gasteiger partial charge in [0.05, 0.1) is 0 Å². The third kappa shape index (κ3) is 5.74. The van der Waals surface area contributed by atoms with Gasteiger partial charge in [0.15, 0.2) is 0 Å². The average molecular weight is 333 g/mol. The van der Waals surface area contributed by atoms with E-state index in [1.54, 1.807) is 12.1 Å². The Balaban J connectivity index is 2.55. The Bertz CT molecular complexity index is 574. The largest absolute Gasteiger partial charge is 0.355 e. The van der Waals surface area contributed by atoms with E-state index in [1.165, 1.54) is 11.3 Å². The van der Waals surface area contributed by atoms with E-state index < -0.39 is 15.4 Å². The summed E-state index contributed by atoms with van der Waals surface area (Å²) < 4.78 is 26.5. The summed E-state index contributed by atoms with van der Waals surface area (Å²) in [6.45, 7) is 6.52. The van der Waals surface area contributed by atoms with Crippen LogP contribution < -0.4 is 15.8 Å². The van der Waals surface area contributed by atoms with Gasteiger partial charge in [-0.1, -0.05) is 20.8 Å². The van der Waals surface area contributed by atoms with Crippen LogP contribution in [-0.4, -0.2) is 34.0 Å². The highest BCUT2D eigenvalue weighted by molar-refractivity contribution is 7.91. The van der Waals surface area contributed by atoms with Gasteiger partial charge in [-0.3, -0.25) is 4.79 Å². The molecule has 0 aliphatic rings. The van der Waals surface area contributed by atoms with Gasteiger partial charge in [0.2, 0.25) is 15.9 Å². The number of hydrogen-bond donors (Lipinski definition) is 3. The molecule has 1 aromatic rings. The number of hydrogen-bond acceptors (Lipinski definition) is 5. The molecule has 120 valence electrons. The number of sulfonamides is 1. The van der Waals surface area contributed by atoms with Crippen LogP contribution in [0.4, 0.5) is 0 Å². The van der Waals surface area contributed by atoms with Gasteiger partial charge in [0, 0.05) is 29.9 Å². The van der Waals surface area contributed by atoms with Gasteiger partial charge < -0.3 is 11.1 Å². The van der Waals surface area contributed by atoms with Crippen molar-refractivity contribution in [2.24, 2.45) is 11.1 Å². The number of nitrogens with one attached hydrogen (secondary N) is 2. The third-order valence-corrected chi connectivity index (χ3v) is 5.77. The van der Waals surface area contributed by atoms with E-state index in [4.69, 9.17) is 5.73 Å². The Morgan fingerprint density at radius 1 is 1.29 bits per heavy atom. The van der Waals surface area contributed by atoms with Gasteiger partial charge >= 0.3 is 0 Å². The molecule has 0 bridgehead atoms. The first kappa shape index (κ1) is 18.1. The Morgan fingerprint density at radius 2 is 1.95 bits per heavy atom. The standard InChI is InChI=1S/C13H23N3O3S2/c1-13(2,3)12(17)15-8-6-10-4-5-11(20-10)21(18,19)16-9-7-14/h4-5,16H,6-9,14H2,1-3H3,(H,15,17). The van der Waals surface area contributed by atoms with Gasteiger partial charge in [0.25, 0.3) is 0 Å². The highest BCUT2D eigenvalue weighted by Gasteiger charge is 2.20. The molecular weight excluding hydrogens is 310 g/mol. The van der Waals surface area contributed by atoms with Crippen LogP contribution in [0.5, 0.6) is 0 Å². The molecular formula is C13H23N3O3S2. The fraction of sp³-hybridized carbons (Fsp3) is 0.615.